The van der Waals surface area contributed by atoms with Crippen molar-refractivity contribution in [2.45, 2.75) is 33.2 Å². The molecule has 4 aromatic rings. The molecule has 0 spiro atoms. The average molecular weight is 399 g/mol. The SMILES string of the molecule is CCc1sc2nc(CC)n(Cc3cccc(F)c3)c(=O)c2c1-c1cccs1. The normalized spacial score (nSPS) is 11.4. The first kappa shape index (κ1) is 18.1. The van der Waals surface area contributed by atoms with E-state index in [1.165, 1.54) is 17.0 Å². The number of halogens is 1. The quantitative estimate of drug-likeness (QED) is 0.445. The minimum atomic E-state index is -0.296. The van der Waals surface area contributed by atoms with E-state index in [4.69, 9.17) is 4.98 Å². The molecule has 0 atom stereocenters. The third-order valence-electron chi connectivity index (χ3n) is 4.60. The summed E-state index contributed by atoms with van der Waals surface area (Å²) in [6.45, 7) is 4.42. The summed E-state index contributed by atoms with van der Waals surface area (Å²) in [5.41, 5.74) is 1.73. The van der Waals surface area contributed by atoms with Crippen molar-refractivity contribution in [3.8, 4) is 10.4 Å². The summed E-state index contributed by atoms with van der Waals surface area (Å²) in [4.78, 5) is 21.4. The lowest BCUT2D eigenvalue weighted by Gasteiger charge is -2.12. The number of aromatic nitrogens is 2. The molecule has 0 radical (unpaired) electrons. The van der Waals surface area contributed by atoms with Gasteiger partial charge in [0.25, 0.3) is 5.56 Å². The van der Waals surface area contributed by atoms with E-state index >= 15 is 0 Å². The first-order chi connectivity index (χ1) is 13.1. The van der Waals surface area contributed by atoms with E-state index in [0.717, 1.165) is 33.1 Å². The van der Waals surface area contributed by atoms with Gasteiger partial charge in [0.05, 0.1) is 11.9 Å². The van der Waals surface area contributed by atoms with Crippen LogP contribution in [-0.4, -0.2) is 9.55 Å². The number of benzene rings is 1. The van der Waals surface area contributed by atoms with Crippen molar-refractivity contribution in [1.29, 1.82) is 0 Å². The van der Waals surface area contributed by atoms with Crippen molar-refractivity contribution < 1.29 is 4.39 Å². The summed E-state index contributed by atoms with van der Waals surface area (Å²) >= 11 is 3.24. The minimum absolute atomic E-state index is 0.0412. The summed E-state index contributed by atoms with van der Waals surface area (Å²) in [7, 11) is 0. The number of nitrogens with zero attached hydrogens (tertiary/aromatic N) is 2. The Morgan fingerprint density at radius 3 is 2.67 bits per heavy atom. The largest absolute Gasteiger partial charge is 0.292 e. The van der Waals surface area contributed by atoms with Crippen LogP contribution in [0.1, 0.15) is 30.1 Å². The van der Waals surface area contributed by atoms with Crippen LogP contribution in [0, 0.1) is 5.82 Å². The number of hydrogen-bond donors (Lipinski definition) is 0. The van der Waals surface area contributed by atoms with Gasteiger partial charge in [-0.05, 0) is 35.6 Å². The maximum Gasteiger partial charge on any atom is 0.263 e. The zero-order valence-electron chi connectivity index (χ0n) is 15.2. The molecular formula is C21H19FN2OS2. The van der Waals surface area contributed by atoms with Crippen molar-refractivity contribution in [1.82, 2.24) is 9.55 Å². The maximum atomic E-state index is 13.6. The van der Waals surface area contributed by atoms with Crippen molar-refractivity contribution in [3.63, 3.8) is 0 Å². The van der Waals surface area contributed by atoms with E-state index in [1.54, 1.807) is 33.3 Å². The molecule has 3 heterocycles. The molecule has 0 aliphatic rings. The zero-order valence-corrected chi connectivity index (χ0v) is 16.8. The molecule has 0 unspecified atom stereocenters. The summed E-state index contributed by atoms with van der Waals surface area (Å²) < 4.78 is 15.3. The first-order valence-corrected chi connectivity index (χ1v) is 10.6. The average Bonchev–Trinajstić information content (AvgIpc) is 3.30. The molecule has 0 bridgehead atoms. The van der Waals surface area contributed by atoms with Crippen molar-refractivity contribution in [2.75, 3.05) is 0 Å². The molecule has 3 aromatic heterocycles. The maximum absolute atomic E-state index is 13.6. The van der Waals surface area contributed by atoms with Gasteiger partial charge in [-0.15, -0.1) is 22.7 Å². The molecule has 27 heavy (non-hydrogen) atoms. The van der Waals surface area contributed by atoms with E-state index in [1.807, 2.05) is 24.4 Å². The number of rotatable bonds is 5. The summed E-state index contributed by atoms with van der Waals surface area (Å²) in [6.07, 6.45) is 1.51. The van der Waals surface area contributed by atoms with Crippen LogP contribution < -0.4 is 5.56 Å². The lowest BCUT2D eigenvalue weighted by atomic mass is 10.1. The van der Waals surface area contributed by atoms with E-state index in [0.29, 0.717) is 18.4 Å². The Morgan fingerprint density at radius 2 is 2.00 bits per heavy atom. The van der Waals surface area contributed by atoms with Gasteiger partial charge in [-0.3, -0.25) is 9.36 Å². The fourth-order valence-electron chi connectivity index (χ4n) is 3.35. The second-order valence-electron chi connectivity index (χ2n) is 6.31. The molecule has 0 amide bonds. The van der Waals surface area contributed by atoms with Crippen LogP contribution >= 0.6 is 22.7 Å². The highest BCUT2D eigenvalue weighted by atomic mass is 32.1. The van der Waals surface area contributed by atoms with Gasteiger partial charge in [-0.1, -0.05) is 32.0 Å². The van der Waals surface area contributed by atoms with Crippen LogP contribution in [-0.2, 0) is 19.4 Å². The van der Waals surface area contributed by atoms with Gasteiger partial charge in [0.1, 0.15) is 16.5 Å². The third-order valence-corrected chi connectivity index (χ3v) is 6.71. The Kier molecular flexibility index (Phi) is 4.93. The standard InChI is InChI=1S/C21H19FN2OS2/c1-3-15-18(16-9-6-10-26-16)19-20(27-15)23-17(4-2)24(21(19)25)12-13-7-5-8-14(22)11-13/h5-11H,3-4,12H2,1-2H3. The highest BCUT2D eigenvalue weighted by Crippen LogP contribution is 2.38. The summed E-state index contributed by atoms with van der Waals surface area (Å²) in [6, 6.07) is 10.4. The van der Waals surface area contributed by atoms with Crippen LogP contribution in [0.15, 0.2) is 46.6 Å². The number of hydrogen-bond acceptors (Lipinski definition) is 4. The van der Waals surface area contributed by atoms with E-state index in [-0.39, 0.29) is 11.4 Å². The number of fused-ring (bicyclic) bond motifs is 1. The number of thiophene rings is 2. The molecule has 0 N–H and O–H groups in total. The molecule has 0 saturated heterocycles. The van der Waals surface area contributed by atoms with Gasteiger partial charge in [0, 0.05) is 21.7 Å². The van der Waals surface area contributed by atoms with Gasteiger partial charge in [0.15, 0.2) is 0 Å². The lowest BCUT2D eigenvalue weighted by Crippen LogP contribution is -2.25. The highest BCUT2D eigenvalue weighted by molar-refractivity contribution is 7.20. The van der Waals surface area contributed by atoms with Crippen LogP contribution in [0.2, 0.25) is 0 Å². The lowest BCUT2D eigenvalue weighted by molar-refractivity contribution is 0.620. The van der Waals surface area contributed by atoms with Crippen LogP contribution in [0.4, 0.5) is 4.39 Å². The van der Waals surface area contributed by atoms with E-state index in [2.05, 4.69) is 13.0 Å². The predicted octanol–water partition coefficient (Wildman–Crippen LogP) is 5.50. The fraction of sp³-hybridized carbons (Fsp3) is 0.238. The highest BCUT2D eigenvalue weighted by Gasteiger charge is 2.21. The first-order valence-electron chi connectivity index (χ1n) is 8.95. The molecule has 0 fully saturated rings. The van der Waals surface area contributed by atoms with Crippen LogP contribution in [0.5, 0.6) is 0 Å². The molecule has 138 valence electrons. The smallest absolute Gasteiger partial charge is 0.263 e. The molecule has 0 aliphatic heterocycles. The summed E-state index contributed by atoms with van der Waals surface area (Å²) in [5.74, 6) is 0.439. The van der Waals surface area contributed by atoms with Gasteiger partial charge in [-0.2, -0.15) is 0 Å². The Balaban J connectivity index is 1.97. The molecule has 1 aromatic carbocycles. The van der Waals surface area contributed by atoms with Crippen molar-refractivity contribution in [2.24, 2.45) is 0 Å². The van der Waals surface area contributed by atoms with Crippen molar-refractivity contribution >= 4 is 32.9 Å². The minimum Gasteiger partial charge on any atom is -0.292 e. The van der Waals surface area contributed by atoms with E-state index < -0.39 is 0 Å². The molecule has 6 heteroatoms. The second-order valence-corrected chi connectivity index (χ2v) is 8.35. The monoisotopic (exact) mass is 398 g/mol. The van der Waals surface area contributed by atoms with Crippen molar-refractivity contribution in [3.05, 3.63) is 74.2 Å². The Hall–Kier alpha value is -2.31. The zero-order chi connectivity index (χ0) is 19.0. The second kappa shape index (κ2) is 7.37. The Morgan fingerprint density at radius 1 is 1.15 bits per heavy atom. The van der Waals surface area contributed by atoms with Gasteiger partial charge < -0.3 is 0 Å². The van der Waals surface area contributed by atoms with Gasteiger partial charge in [-0.25, -0.2) is 9.37 Å². The molecule has 4 rings (SSSR count). The topological polar surface area (TPSA) is 34.9 Å². The third kappa shape index (κ3) is 3.24. The molecule has 0 aliphatic carbocycles. The Bertz CT molecular complexity index is 1160. The summed E-state index contributed by atoms with van der Waals surface area (Å²) in [5, 5.41) is 2.71. The molecule has 3 nitrogen and oxygen atoms in total. The molecular weight excluding hydrogens is 379 g/mol. The van der Waals surface area contributed by atoms with Crippen LogP contribution in [0.3, 0.4) is 0 Å². The fourth-order valence-corrected chi connectivity index (χ4v) is 5.36. The van der Waals surface area contributed by atoms with Gasteiger partial charge >= 0.3 is 0 Å². The van der Waals surface area contributed by atoms with Gasteiger partial charge in [0.2, 0.25) is 0 Å². The van der Waals surface area contributed by atoms with E-state index in [9.17, 15) is 9.18 Å². The van der Waals surface area contributed by atoms with Crippen LogP contribution in [0.25, 0.3) is 20.7 Å². The number of aryl methyl sites for hydroxylation is 2. The Labute approximate surface area is 164 Å². The predicted molar refractivity (Wildman–Crippen MR) is 111 cm³/mol. The molecule has 0 saturated carbocycles.